The van der Waals surface area contributed by atoms with Crippen molar-refractivity contribution in [3.8, 4) is 5.75 Å². The van der Waals surface area contributed by atoms with E-state index in [-0.39, 0.29) is 11.5 Å². The van der Waals surface area contributed by atoms with Gasteiger partial charge in [0.2, 0.25) is 5.91 Å². The van der Waals surface area contributed by atoms with E-state index in [9.17, 15) is 4.79 Å². The van der Waals surface area contributed by atoms with Crippen LogP contribution in [0.15, 0.2) is 54.6 Å². The molecule has 3 aromatic rings. The van der Waals surface area contributed by atoms with Crippen LogP contribution in [-0.2, 0) is 21.6 Å². The summed E-state index contributed by atoms with van der Waals surface area (Å²) in [4.78, 5) is 19.4. The third-order valence-electron chi connectivity index (χ3n) is 6.19. The van der Waals surface area contributed by atoms with E-state index in [0.29, 0.717) is 13.2 Å². The molecule has 5 nitrogen and oxygen atoms in total. The van der Waals surface area contributed by atoms with Crippen LogP contribution in [-0.4, -0.2) is 41.1 Å². The number of para-hydroxylation sites is 1. The Morgan fingerprint density at radius 1 is 1.09 bits per heavy atom. The van der Waals surface area contributed by atoms with Crippen molar-refractivity contribution in [2.24, 2.45) is 0 Å². The standard InChI is InChI=1S/C28H34N2O3/c1-20-17-21(24-9-6-7-10-25(24)29-20)18-32-23-13-11-22(12-14-23)28(5)19-30(26(28)31)15-8-16-33-27(2,3)4/h6-7,9-14,17H,8,15-16,18-19H2,1-5H3. The van der Waals surface area contributed by atoms with Gasteiger partial charge in [0, 0.05) is 36.3 Å². The number of aryl methyl sites for hydroxylation is 1. The van der Waals surface area contributed by atoms with Gasteiger partial charge in [-0.3, -0.25) is 9.78 Å². The molecule has 174 valence electrons. The maximum atomic E-state index is 12.9. The van der Waals surface area contributed by atoms with Crippen molar-refractivity contribution in [2.75, 3.05) is 19.7 Å². The molecule has 4 rings (SSSR count). The highest BCUT2D eigenvalue weighted by molar-refractivity contribution is 5.94. The highest BCUT2D eigenvalue weighted by Crippen LogP contribution is 2.36. The predicted octanol–water partition coefficient (Wildman–Crippen LogP) is 5.43. The topological polar surface area (TPSA) is 51.7 Å². The summed E-state index contributed by atoms with van der Waals surface area (Å²) in [5.41, 5.74) is 3.52. The summed E-state index contributed by atoms with van der Waals surface area (Å²) in [5.74, 6) is 0.981. The smallest absolute Gasteiger partial charge is 0.234 e. The maximum absolute atomic E-state index is 12.9. The van der Waals surface area contributed by atoms with Crippen LogP contribution in [0.1, 0.15) is 50.9 Å². The van der Waals surface area contributed by atoms with Crippen LogP contribution in [0.5, 0.6) is 5.75 Å². The van der Waals surface area contributed by atoms with Gasteiger partial charge < -0.3 is 14.4 Å². The Hall–Kier alpha value is -2.92. The first kappa shape index (κ1) is 23.2. The van der Waals surface area contributed by atoms with Gasteiger partial charge in [-0.1, -0.05) is 30.3 Å². The first-order valence-corrected chi connectivity index (χ1v) is 11.7. The maximum Gasteiger partial charge on any atom is 0.234 e. The second-order valence-electron chi connectivity index (χ2n) is 10.1. The van der Waals surface area contributed by atoms with Crippen molar-refractivity contribution in [3.05, 3.63) is 71.4 Å². The van der Waals surface area contributed by atoms with E-state index < -0.39 is 5.41 Å². The largest absolute Gasteiger partial charge is 0.489 e. The summed E-state index contributed by atoms with van der Waals surface area (Å²) in [5, 5.41) is 1.11. The van der Waals surface area contributed by atoms with Crippen molar-refractivity contribution in [1.82, 2.24) is 9.88 Å². The molecule has 0 spiro atoms. The summed E-state index contributed by atoms with van der Waals surface area (Å²) < 4.78 is 11.8. The van der Waals surface area contributed by atoms with E-state index >= 15 is 0 Å². The number of benzene rings is 2. The zero-order chi connectivity index (χ0) is 23.6. The number of amides is 1. The molecule has 0 aliphatic carbocycles. The lowest BCUT2D eigenvalue weighted by Gasteiger charge is -2.47. The van der Waals surface area contributed by atoms with E-state index in [1.54, 1.807) is 0 Å². The number of fused-ring (bicyclic) bond motifs is 1. The predicted molar refractivity (Wildman–Crippen MR) is 132 cm³/mol. The molecule has 0 N–H and O–H groups in total. The molecule has 1 unspecified atom stereocenters. The molecule has 0 bridgehead atoms. The number of pyridine rings is 1. The van der Waals surface area contributed by atoms with E-state index in [0.717, 1.165) is 53.0 Å². The Balaban J connectivity index is 1.34. The summed E-state index contributed by atoms with van der Waals surface area (Å²) in [7, 11) is 0. The van der Waals surface area contributed by atoms with Crippen LogP contribution in [0.25, 0.3) is 10.9 Å². The van der Waals surface area contributed by atoms with E-state index in [1.165, 1.54) is 0 Å². The van der Waals surface area contributed by atoms with Crippen molar-refractivity contribution >= 4 is 16.8 Å². The molecule has 1 aliphatic rings. The van der Waals surface area contributed by atoms with Crippen LogP contribution in [0.3, 0.4) is 0 Å². The second-order valence-corrected chi connectivity index (χ2v) is 10.1. The SMILES string of the molecule is Cc1cc(COc2ccc(C3(C)CN(CCCOC(C)(C)C)C3=O)cc2)c2ccccc2n1. The molecule has 1 saturated heterocycles. The first-order valence-electron chi connectivity index (χ1n) is 11.7. The number of ether oxygens (including phenoxy) is 2. The molecule has 2 aromatic carbocycles. The third-order valence-corrected chi connectivity index (χ3v) is 6.19. The minimum absolute atomic E-state index is 0.138. The van der Waals surface area contributed by atoms with Crippen molar-refractivity contribution in [1.29, 1.82) is 0 Å². The normalized spacial score (nSPS) is 18.5. The van der Waals surface area contributed by atoms with E-state index in [1.807, 2.05) is 82.0 Å². The van der Waals surface area contributed by atoms with Gasteiger partial charge in [-0.05, 0) is 70.9 Å². The Morgan fingerprint density at radius 2 is 1.82 bits per heavy atom. The van der Waals surface area contributed by atoms with Gasteiger partial charge in [0.05, 0.1) is 16.5 Å². The molecule has 1 fully saturated rings. The summed E-state index contributed by atoms with van der Waals surface area (Å²) in [6, 6.07) is 18.2. The number of rotatable bonds is 8. The van der Waals surface area contributed by atoms with Gasteiger partial charge in [-0.2, -0.15) is 0 Å². The number of carbonyl (C=O) groups excluding carboxylic acids is 1. The van der Waals surface area contributed by atoms with Crippen LogP contribution >= 0.6 is 0 Å². The lowest BCUT2D eigenvalue weighted by molar-refractivity contribution is -0.150. The molecule has 0 radical (unpaired) electrons. The molecular formula is C28H34N2O3. The minimum atomic E-state index is -0.457. The molecule has 33 heavy (non-hydrogen) atoms. The second kappa shape index (κ2) is 9.14. The Labute approximate surface area is 196 Å². The summed E-state index contributed by atoms with van der Waals surface area (Å²) in [6.45, 7) is 12.8. The molecule has 2 heterocycles. The monoisotopic (exact) mass is 446 g/mol. The number of hydrogen-bond acceptors (Lipinski definition) is 4. The number of likely N-dealkylation sites (tertiary alicyclic amines) is 1. The Morgan fingerprint density at radius 3 is 2.52 bits per heavy atom. The number of aromatic nitrogens is 1. The van der Waals surface area contributed by atoms with Gasteiger partial charge in [0.1, 0.15) is 12.4 Å². The average molecular weight is 447 g/mol. The van der Waals surface area contributed by atoms with Crippen molar-refractivity contribution in [3.63, 3.8) is 0 Å². The minimum Gasteiger partial charge on any atom is -0.489 e. The highest BCUT2D eigenvalue weighted by Gasteiger charge is 2.48. The highest BCUT2D eigenvalue weighted by atomic mass is 16.5. The number of carbonyl (C=O) groups is 1. The zero-order valence-corrected chi connectivity index (χ0v) is 20.4. The zero-order valence-electron chi connectivity index (χ0n) is 20.4. The molecule has 1 atom stereocenters. The third kappa shape index (κ3) is 5.19. The molecule has 1 aliphatic heterocycles. The van der Waals surface area contributed by atoms with Gasteiger partial charge in [0.15, 0.2) is 0 Å². The average Bonchev–Trinajstić information content (AvgIpc) is 2.78. The molecular weight excluding hydrogens is 412 g/mol. The van der Waals surface area contributed by atoms with Gasteiger partial charge in [-0.15, -0.1) is 0 Å². The Kier molecular flexibility index (Phi) is 6.44. The first-order chi connectivity index (χ1) is 15.7. The molecule has 5 heteroatoms. The van der Waals surface area contributed by atoms with Gasteiger partial charge in [0.25, 0.3) is 0 Å². The van der Waals surface area contributed by atoms with Crippen molar-refractivity contribution in [2.45, 2.75) is 58.7 Å². The fraction of sp³-hybridized carbons (Fsp3) is 0.429. The van der Waals surface area contributed by atoms with E-state index in [2.05, 4.69) is 17.1 Å². The van der Waals surface area contributed by atoms with Crippen LogP contribution in [0.4, 0.5) is 0 Å². The lowest BCUT2D eigenvalue weighted by atomic mass is 9.74. The van der Waals surface area contributed by atoms with Crippen LogP contribution < -0.4 is 4.74 Å². The quantitative estimate of drug-likeness (QED) is 0.342. The lowest BCUT2D eigenvalue weighted by Crippen LogP contribution is -2.62. The van der Waals surface area contributed by atoms with Gasteiger partial charge in [-0.25, -0.2) is 0 Å². The summed E-state index contributed by atoms with van der Waals surface area (Å²) >= 11 is 0. The summed E-state index contributed by atoms with van der Waals surface area (Å²) in [6.07, 6.45) is 0.856. The number of nitrogens with zero attached hydrogens (tertiary/aromatic N) is 2. The van der Waals surface area contributed by atoms with Crippen LogP contribution in [0, 0.1) is 6.92 Å². The fourth-order valence-electron chi connectivity index (χ4n) is 4.40. The fourth-order valence-corrected chi connectivity index (χ4v) is 4.40. The Bertz CT molecular complexity index is 1130. The number of β-lactam (4-membered cyclic amide) rings is 1. The molecule has 1 amide bonds. The molecule has 1 aromatic heterocycles. The molecule has 0 saturated carbocycles. The van der Waals surface area contributed by atoms with Gasteiger partial charge >= 0.3 is 0 Å². The number of hydrogen-bond donors (Lipinski definition) is 0. The van der Waals surface area contributed by atoms with Crippen molar-refractivity contribution < 1.29 is 14.3 Å². The van der Waals surface area contributed by atoms with Crippen LogP contribution in [0.2, 0.25) is 0 Å². The van der Waals surface area contributed by atoms with E-state index in [4.69, 9.17) is 9.47 Å².